The van der Waals surface area contributed by atoms with Gasteiger partial charge in [0.15, 0.2) is 0 Å². The van der Waals surface area contributed by atoms with E-state index in [1.165, 1.54) is 21.9 Å². The number of fused-ring (bicyclic) bond motifs is 7. The number of rotatable bonds is 8. The second-order valence-electron chi connectivity index (χ2n) is 20.6. The first-order valence-corrected chi connectivity index (χ1v) is 24.6. The van der Waals surface area contributed by atoms with Crippen LogP contribution in [0, 0.1) is 18.5 Å². The van der Waals surface area contributed by atoms with Crippen LogP contribution in [0.5, 0.6) is 11.5 Å². The van der Waals surface area contributed by atoms with Gasteiger partial charge in [-0.25, -0.2) is 4.98 Å². The molecule has 0 bridgehead atoms. The second kappa shape index (κ2) is 18.6. The van der Waals surface area contributed by atoms with Crippen LogP contribution in [-0.4, -0.2) is 18.7 Å². The fourth-order valence-electron chi connectivity index (χ4n) is 10.2. The molecule has 0 aliphatic heterocycles. The van der Waals surface area contributed by atoms with E-state index in [1.54, 1.807) is 33.4 Å². The molecule has 0 saturated heterocycles. The van der Waals surface area contributed by atoms with E-state index in [-0.39, 0.29) is 59.8 Å². The second-order valence-corrected chi connectivity index (χ2v) is 20.6. The van der Waals surface area contributed by atoms with Gasteiger partial charge in [0.1, 0.15) is 5.82 Å². The van der Waals surface area contributed by atoms with Crippen molar-refractivity contribution in [2.45, 2.75) is 52.4 Å². The molecule has 4 aromatic heterocycles. The summed E-state index contributed by atoms with van der Waals surface area (Å²) >= 11 is 0. The van der Waals surface area contributed by atoms with E-state index in [4.69, 9.17) is 23.4 Å². The Bertz CT molecular complexity index is 4720. The number of nitrogens with zero attached hydrogens (tertiary/aromatic N) is 5. The van der Waals surface area contributed by atoms with Crippen molar-refractivity contribution in [2.24, 2.45) is 0 Å². The van der Waals surface area contributed by atoms with Crippen LogP contribution in [-0.2, 0) is 31.9 Å². The first-order chi connectivity index (χ1) is 40.1. The minimum atomic E-state index is -0.576. The van der Waals surface area contributed by atoms with Crippen molar-refractivity contribution in [1.82, 2.24) is 18.7 Å². The van der Waals surface area contributed by atoms with Crippen molar-refractivity contribution < 1.29 is 44.1 Å². The molecule has 0 aliphatic rings. The van der Waals surface area contributed by atoms with Crippen LogP contribution >= 0.6 is 0 Å². The maximum atomic E-state index is 9.08. The van der Waals surface area contributed by atoms with Crippen molar-refractivity contribution in [3.8, 4) is 56.6 Å². The van der Waals surface area contributed by atoms with Crippen LogP contribution in [0.1, 0.15) is 66.4 Å². The van der Waals surface area contributed by atoms with Gasteiger partial charge < -0.3 is 18.4 Å². The summed E-state index contributed by atoms with van der Waals surface area (Å²) in [4.78, 5) is 5.03. The average molecular weight is 1160 g/mol. The summed E-state index contributed by atoms with van der Waals surface area (Å²) in [5.74, 6) is 1.45. The van der Waals surface area contributed by atoms with Gasteiger partial charge in [-0.15, -0.1) is 29.7 Å². The summed E-state index contributed by atoms with van der Waals surface area (Å²) in [6.45, 7) is 13.5. The smallest absolute Gasteiger partial charge is 0.268 e. The zero-order chi connectivity index (χ0) is 59.0. The van der Waals surface area contributed by atoms with Gasteiger partial charge in [-0.3, -0.25) is 4.57 Å². The maximum Gasteiger partial charge on any atom is 0.268 e. The van der Waals surface area contributed by atoms with E-state index in [2.05, 4.69) is 130 Å². The first-order valence-electron chi connectivity index (χ1n) is 29.6. The Morgan fingerprint density at radius 2 is 1.11 bits per heavy atom. The summed E-state index contributed by atoms with van der Waals surface area (Å²) < 4.78 is 102. The molecular formula is C68H53N5OPt-2. The molecular weight excluding hydrogens is 1100 g/mol. The minimum Gasteiger partial charge on any atom is -0.510 e. The van der Waals surface area contributed by atoms with Crippen LogP contribution in [0.2, 0.25) is 0 Å². The molecule has 0 unspecified atom stereocenters. The molecule has 75 heavy (non-hydrogen) atoms. The molecule has 0 atom stereocenters. The monoisotopic (exact) mass is 1160 g/mol. The van der Waals surface area contributed by atoms with E-state index in [1.807, 2.05) is 66.9 Å². The van der Waals surface area contributed by atoms with E-state index in [0.29, 0.717) is 34.0 Å². The van der Waals surface area contributed by atoms with Crippen LogP contribution in [0.25, 0.3) is 99.8 Å². The van der Waals surface area contributed by atoms with Gasteiger partial charge in [-0.1, -0.05) is 180 Å². The largest absolute Gasteiger partial charge is 0.510 e. The Morgan fingerprint density at radius 1 is 0.520 bits per heavy atom. The number of pyridine rings is 1. The molecule has 7 heteroatoms. The Kier molecular flexibility index (Phi) is 9.26. The zero-order valence-corrected chi connectivity index (χ0v) is 44.2. The zero-order valence-electron chi connectivity index (χ0n) is 51.9. The number of ether oxygens (including phenoxy) is 1. The molecule has 0 fully saturated rings. The molecule has 0 saturated carbocycles. The summed E-state index contributed by atoms with van der Waals surface area (Å²) in [5.41, 5.74) is 9.05. The van der Waals surface area contributed by atoms with Gasteiger partial charge in [-0.2, -0.15) is 18.2 Å². The standard InChI is InChI=1S/C68H53N5O.Pt/c1-67(2,3)47-31-35-60-57(39-47)58-40-48(68(4,5)6)32-36-61(58)72(60)50-37-38-69-65(42-50)73-59-28-14-13-25-55(59)56-34-33-52(43-64(56)73)74-51-24-17-23-49(41-51)70-44-71(63-30-16-15-29-62(63)70)66-53(45-19-9-7-10-20-45)26-18-27-54(66)46-21-11-8-12-22-46;/h7-40,42H,1-6H3;/q-2;/i7D,8D,9D,10D,11D,12D,19D,20D,21D,22D;. The third-order valence-corrected chi connectivity index (χ3v) is 13.8. The Labute approximate surface area is 466 Å². The molecule has 0 N–H and O–H groups in total. The van der Waals surface area contributed by atoms with Crippen LogP contribution < -0.4 is 9.30 Å². The number of hydrogen-bond donors (Lipinski definition) is 0. The molecule has 0 radical (unpaired) electrons. The topological polar surface area (TPSA) is 40.8 Å². The van der Waals surface area contributed by atoms with Gasteiger partial charge >= 0.3 is 0 Å². The number of benzene rings is 9. The SMILES string of the molecule is [2H]c1c([2H])c([2H])c(-c2cccc(-c3c([2H])c([2H])c([2H])c([2H])c3[2H])c2-[n+]2[c-]n(-c3[c-]c(Oc4[c-]c5c(cc4)c4ccccc4n5-c4cc(-n5c6ccc(C(C)(C)C)cc6c6cc(C(C)(C)C)ccc65)ccn4)ccc3)c3ccccc32)c([2H])c1[2H].[Pt]. The van der Waals surface area contributed by atoms with Crippen molar-refractivity contribution in [1.29, 1.82) is 0 Å². The molecule has 0 spiro atoms. The molecule has 0 aliphatic carbocycles. The number of hydrogen-bond acceptors (Lipinski definition) is 2. The predicted octanol–water partition coefficient (Wildman–Crippen LogP) is 16.6. The van der Waals surface area contributed by atoms with E-state index in [9.17, 15) is 0 Å². The number of imidazole rings is 1. The third kappa shape index (κ3) is 8.34. The Balaban J connectivity index is 0.00000709. The van der Waals surface area contributed by atoms with Crippen LogP contribution in [0.3, 0.4) is 0 Å². The summed E-state index contributed by atoms with van der Waals surface area (Å²) in [6, 6.07) is 49.2. The van der Waals surface area contributed by atoms with Gasteiger partial charge in [0, 0.05) is 61.1 Å². The quantitative estimate of drug-likeness (QED) is 0.112. The van der Waals surface area contributed by atoms with Crippen molar-refractivity contribution in [2.75, 3.05) is 0 Å². The molecule has 13 rings (SSSR count). The van der Waals surface area contributed by atoms with E-state index >= 15 is 0 Å². The predicted molar refractivity (Wildman–Crippen MR) is 303 cm³/mol. The molecule has 4 heterocycles. The average Bonchev–Trinajstić information content (AvgIpc) is 1.82. The van der Waals surface area contributed by atoms with Gasteiger partial charge in [0.25, 0.3) is 6.33 Å². The Hall–Kier alpha value is -8.31. The van der Waals surface area contributed by atoms with Crippen molar-refractivity contribution in [3.05, 3.63) is 242 Å². The summed E-state index contributed by atoms with van der Waals surface area (Å²) in [6.07, 6.45) is 5.28. The third-order valence-electron chi connectivity index (χ3n) is 13.8. The van der Waals surface area contributed by atoms with E-state index < -0.39 is 60.4 Å². The molecule has 13 aromatic rings. The molecule has 368 valence electrons. The first kappa shape index (κ1) is 37.4. The fraction of sp³-hybridized carbons (Fsp3) is 0.118. The van der Waals surface area contributed by atoms with Gasteiger partial charge in [-0.05, 0) is 91.7 Å². The normalized spacial score (nSPS) is 13.9. The summed E-state index contributed by atoms with van der Waals surface area (Å²) in [5, 5.41) is 4.35. The van der Waals surface area contributed by atoms with Crippen LogP contribution in [0.4, 0.5) is 0 Å². The molecule has 6 nitrogen and oxygen atoms in total. The molecule has 0 amide bonds. The minimum absolute atomic E-state index is 0. The van der Waals surface area contributed by atoms with Gasteiger partial charge in [0.05, 0.1) is 47.1 Å². The Morgan fingerprint density at radius 3 is 1.76 bits per heavy atom. The fourth-order valence-corrected chi connectivity index (χ4v) is 10.2. The van der Waals surface area contributed by atoms with E-state index in [0.717, 1.165) is 38.5 Å². The maximum absolute atomic E-state index is 9.08. The summed E-state index contributed by atoms with van der Waals surface area (Å²) in [7, 11) is 0. The number of para-hydroxylation sites is 4. The number of aromatic nitrogens is 5. The van der Waals surface area contributed by atoms with Crippen LogP contribution in [0.15, 0.2) is 212 Å². The van der Waals surface area contributed by atoms with Crippen molar-refractivity contribution in [3.63, 3.8) is 0 Å². The molecule has 9 aromatic carbocycles. The van der Waals surface area contributed by atoms with Gasteiger partial charge in [0.2, 0.25) is 0 Å². The van der Waals surface area contributed by atoms with Crippen molar-refractivity contribution >= 4 is 54.6 Å².